The molecular weight excluding hydrogens is 434 g/mol. The summed E-state index contributed by atoms with van der Waals surface area (Å²) in [6.45, 7) is 0. The van der Waals surface area contributed by atoms with Crippen LogP contribution in [0.5, 0.6) is 11.5 Å². The number of benzene rings is 1. The van der Waals surface area contributed by atoms with Gasteiger partial charge in [-0.1, -0.05) is 6.07 Å². The summed E-state index contributed by atoms with van der Waals surface area (Å²) >= 11 is 5.87. The van der Waals surface area contributed by atoms with Crippen molar-refractivity contribution in [3.63, 3.8) is 0 Å². The van der Waals surface area contributed by atoms with Crippen molar-refractivity contribution in [1.82, 2.24) is 19.9 Å². The van der Waals surface area contributed by atoms with E-state index in [1.165, 1.54) is 0 Å². The summed E-state index contributed by atoms with van der Waals surface area (Å²) in [5.74, 6) is 1.42. The number of nitrogens with zero attached hydrogens (tertiary/aromatic N) is 4. The van der Waals surface area contributed by atoms with Crippen LogP contribution in [0.25, 0.3) is 5.69 Å². The molecule has 0 unspecified atom stereocenters. The van der Waals surface area contributed by atoms with Crippen LogP contribution in [0.1, 0.15) is 23.5 Å². The Kier molecular flexibility index (Phi) is 5.66. The topological polar surface area (TPSA) is 64.4 Å². The van der Waals surface area contributed by atoms with Gasteiger partial charge in [0.1, 0.15) is 17.5 Å². The van der Waals surface area contributed by atoms with Gasteiger partial charge in [-0.3, -0.25) is 9.97 Å². The molecule has 1 aliphatic heterocycles. The van der Waals surface area contributed by atoms with Gasteiger partial charge in [0, 0.05) is 42.2 Å². The van der Waals surface area contributed by atoms with E-state index in [9.17, 15) is 0 Å². The van der Waals surface area contributed by atoms with E-state index in [2.05, 4.69) is 30.8 Å². The highest BCUT2D eigenvalue weighted by Crippen LogP contribution is 2.45. The van der Waals surface area contributed by atoms with Crippen LogP contribution in [0.15, 0.2) is 85.5 Å². The molecule has 1 saturated heterocycles. The Morgan fingerprint density at radius 2 is 1.79 bits per heavy atom. The van der Waals surface area contributed by atoms with Crippen LogP contribution >= 0.6 is 12.2 Å². The van der Waals surface area contributed by atoms with E-state index in [-0.39, 0.29) is 12.1 Å². The van der Waals surface area contributed by atoms with Gasteiger partial charge in [-0.15, -0.1) is 0 Å². The van der Waals surface area contributed by atoms with Crippen molar-refractivity contribution >= 4 is 23.0 Å². The molecule has 3 aromatic heterocycles. The van der Waals surface area contributed by atoms with Crippen LogP contribution < -0.4 is 19.7 Å². The molecule has 5 rings (SSSR count). The molecule has 1 aromatic carbocycles. The van der Waals surface area contributed by atoms with Crippen molar-refractivity contribution in [3.8, 4) is 17.2 Å². The quantitative estimate of drug-likeness (QED) is 0.429. The summed E-state index contributed by atoms with van der Waals surface area (Å²) < 4.78 is 13.4. The first kappa shape index (κ1) is 21.0. The maximum absolute atomic E-state index is 5.87. The number of anilines is 1. The lowest BCUT2D eigenvalue weighted by atomic mass is 10.0. The summed E-state index contributed by atoms with van der Waals surface area (Å²) in [5, 5.41) is 4.09. The predicted octanol–water partition coefficient (Wildman–Crippen LogP) is 4.46. The number of nitrogens with one attached hydrogen (secondary N) is 1. The van der Waals surface area contributed by atoms with Crippen molar-refractivity contribution in [2.45, 2.75) is 12.1 Å². The Labute approximate surface area is 197 Å². The summed E-state index contributed by atoms with van der Waals surface area (Å²) in [4.78, 5) is 10.9. The molecule has 2 atom stereocenters. The van der Waals surface area contributed by atoms with E-state index in [1.54, 1.807) is 32.8 Å². The maximum Gasteiger partial charge on any atom is 0.174 e. The Morgan fingerprint density at radius 1 is 0.939 bits per heavy atom. The van der Waals surface area contributed by atoms with Crippen molar-refractivity contribution in [2.24, 2.45) is 0 Å². The van der Waals surface area contributed by atoms with E-state index in [4.69, 9.17) is 21.7 Å². The highest BCUT2D eigenvalue weighted by Gasteiger charge is 2.43. The Balaban J connectivity index is 1.70. The third kappa shape index (κ3) is 3.78. The second kappa shape index (κ2) is 8.91. The van der Waals surface area contributed by atoms with E-state index < -0.39 is 0 Å². The normalized spacial score (nSPS) is 17.6. The fourth-order valence-corrected chi connectivity index (χ4v) is 4.61. The van der Waals surface area contributed by atoms with Gasteiger partial charge >= 0.3 is 0 Å². The Morgan fingerprint density at radius 3 is 2.52 bits per heavy atom. The van der Waals surface area contributed by atoms with Gasteiger partial charge in [-0.05, 0) is 60.7 Å². The number of aromatic nitrogens is 3. The van der Waals surface area contributed by atoms with E-state index >= 15 is 0 Å². The third-order valence-corrected chi connectivity index (χ3v) is 6.08. The second-order valence-corrected chi connectivity index (χ2v) is 7.93. The van der Waals surface area contributed by atoms with Gasteiger partial charge in [-0.2, -0.15) is 0 Å². The van der Waals surface area contributed by atoms with Gasteiger partial charge in [0.05, 0.1) is 31.6 Å². The largest absolute Gasteiger partial charge is 0.497 e. The smallest absolute Gasteiger partial charge is 0.174 e. The number of pyridine rings is 2. The van der Waals surface area contributed by atoms with E-state index in [0.29, 0.717) is 10.9 Å². The standard InChI is InChI=1S/C25H23N5O2S/c1-31-18-8-9-22(32-2)21(16-18)30-24(23(28-25(30)33)19-6-3-4-12-27-19)20-7-5-15-29(20)17-10-13-26-14-11-17/h3-16,23-24H,1-2H3,(H,28,33)/t23-,24-/m0/s1. The SMILES string of the molecule is COc1ccc(OC)c(N2C(=S)N[C@@H](c3ccccn3)[C@@H]2c2cccn2-c2ccncc2)c1. The monoisotopic (exact) mass is 457 g/mol. The van der Waals surface area contributed by atoms with Crippen molar-refractivity contribution in [3.05, 3.63) is 96.8 Å². The number of hydrogen-bond donors (Lipinski definition) is 1. The lowest BCUT2D eigenvalue weighted by molar-refractivity contribution is 0.402. The molecule has 4 heterocycles. The number of methoxy groups -OCH3 is 2. The maximum atomic E-state index is 5.87. The molecule has 1 fully saturated rings. The molecule has 0 radical (unpaired) electrons. The summed E-state index contributed by atoms with van der Waals surface area (Å²) in [6.07, 6.45) is 7.42. The zero-order valence-corrected chi connectivity index (χ0v) is 19.1. The average molecular weight is 458 g/mol. The molecule has 7 nitrogen and oxygen atoms in total. The summed E-state index contributed by atoms with van der Waals surface area (Å²) in [7, 11) is 3.30. The van der Waals surface area contributed by atoms with Gasteiger partial charge < -0.3 is 24.3 Å². The number of rotatable bonds is 6. The molecule has 33 heavy (non-hydrogen) atoms. The minimum atomic E-state index is -0.198. The zero-order valence-electron chi connectivity index (χ0n) is 18.3. The zero-order chi connectivity index (χ0) is 22.8. The molecule has 4 aromatic rings. The molecule has 1 aliphatic rings. The van der Waals surface area contributed by atoms with Crippen LogP contribution in [0, 0.1) is 0 Å². The third-order valence-electron chi connectivity index (χ3n) is 5.77. The molecule has 0 bridgehead atoms. The molecule has 0 saturated carbocycles. The molecule has 1 N–H and O–H groups in total. The number of thiocarbonyl (C=S) groups is 1. The fraction of sp³-hybridized carbons (Fsp3) is 0.160. The highest BCUT2D eigenvalue weighted by molar-refractivity contribution is 7.80. The molecule has 166 valence electrons. The first-order valence-corrected chi connectivity index (χ1v) is 10.9. The van der Waals surface area contributed by atoms with Crippen molar-refractivity contribution in [1.29, 1.82) is 0 Å². The summed E-state index contributed by atoms with van der Waals surface area (Å²) in [5.41, 5.74) is 3.78. The fourth-order valence-electron chi connectivity index (χ4n) is 4.27. The second-order valence-electron chi connectivity index (χ2n) is 7.54. The number of hydrogen-bond acceptors (Lipinski definition) is 5. The van der Waals surface area contributed by atoms with Crippen LogP contribution in [-0.2, 0) is 0 Å². The Bertz CT molecular complexity index is 1260. The first-order valence-electron chi connectivity index (χ1n) is 10.5. The van der Waals surface area contributed by atoms with Crippen LogP contribution in [-0.4, -0.2) is 33.9 Å². The summed E-state index contributed by atoms with van der Waals surface area (Å²) in [6, 6.07) is 19.4. The van der Waals surface area contributed by atoms with E-state index in [1.807, 2.05) is 60.8 Å². The lowest BCUT2D eigenvalue weighted by Gasteiger charge is -2.30. The van der Waals surface area contributed by atoms with Crippen molar-refractivity contribution in [2.75, 3.05) is 19.1 Å². The average Bonchev–Trinajstić information content (AvgIpc) is 3.49. The van der Waals surface area contributed by atoms with Crippen molar-refractivity contribution < 1.29 is 9.47 Å². The van der Waals surface area contributed by atoms with Gasteiger partial charge in [0.25, 0.3) is 0 Å². The number of ether oxygens (including phenoxy) is 2. The van der Waals surface area contributed by atoms with Crippen LogP contribution in [0.2, 0.25) is 0 Å². The van der Waals surface area contributed by atoms with Gasteiger partial charge in [0.2, 0.25) is 0 Å². The lowest BCUT2D eigenvalue weighted by Crippen LogP contribution is -2.30. The van der Waals surface area contributed by atoms with E-state index in [0.717, 1.165) is 28.5 Å². The van der Waals surface area contributed by atoms with Crippen LogP contribution in [0.3, 0.4) is 0 Å². The van der Waals surface area contributed by atoms with Gasteiger partial charge in [0.15, 0.2) is 5.11 Å². The van der Waals surface area contributed by atoms with Crippen LogP contribution in [0.4, 0.5) is 5.69 Å². The molecule has 0 aliphatic carbocycles. The highest BCUT2D eigenvalue weighted by atomic mass is 32.1. The molecule has 0 amide bonds. The van der Waals surface area contributed by atoms with Gasteiger partial charge in [-0.25, -0.2) is 0 Å². The first-order chi connectivity index (χ1) is 16.2. The minimum Gasteiger partial charge on any atom is -0.497 e. The molecule has 8 heteroatoms. The molecule has 0 spiro atoms. The predicted molar refractivity (Wildman–Crippen MR) is 131 cm³/mol. The minimum absolute atomic E-state index is 0.176. The Hall–Kier alpha value is -3.91. The molecular formula is C25H23N5O2S.